The molecule has 1 heterocycles. The summed E-state index contributed by atoms with van der Waals surface area (Å²) in [5.41, 5.74) is 1.22. The first kappa shape index (κ1) is 14.4. The second kappa shape index (κ2) is 6.06. The van der Waals surface area contributed by atoms with Gasteiger partial charge in [-0.3, -0.25) is 10.1 Å². The summed E-state index contributed by atoms with van der Waals surface area (Å²) in [7, 11) is 1.67. The zero-order chi connectivity index (χ0) is 14.8. The molecule has 2 aliphatic rings. The maximum Gasteiger partial charge on any atom is 0.240 e. The highest BCUT2D eigenvalue weighted by atomic mass is 16.5. The largest absolute Gasteiger partial charge is 0.497 e. The molecule has 4 nitrogen and oxygen atoms in total. The third kappa shape index (κ3) is 3.05. The summed E-state index contributed by atoms with van der Waals surface area (Å²) in [5.74, 6) is 1.16. The van der Waals surface area contributed by atoms with Gasteiger partial charge in [0.15, 0.2) is 0 Å². The third-order valence-electron chi connectivity index (χ3n) is 4.56. The lowest BCUT2D eigenvalue weighted by molar-refractivity contribution is -0.130. The van der Waals surface area contributed by atoms with Crippen molar-refractivity contribution in [3.05, 3.63) is 29.8 Å². The molecule has 0 bridgehead atoms. The summed E-state index contributed by atoms with van der Waals surface area (Å²) in [6, 6.07) is 8.86. The Hall–Kier alpha value is -1.55. The van der Waals surface area contributed by atoms with Crippen LogP contribution in [-0.4, -0.2) is 36.5 Å². The van der Waals surface area contributed by atoms with Crippen LogP contribution in [0, 0.1) is 0 Å². The Kier molecular flexibility index (Phi) is 4.15. The molecule has 1 saturated heterocycles. The minimum atomic E-state index is -0.0161. The van der Waals surface area contributed by atoms with Crippen molar-refractivity contribution in [2.24, 2.45) is 0 Å². The van der Waals surface area contributed by atoms with Crippen LogP contribution in [0.15, 0.2) is 24.3 Å². The van der Waals surface area contributed by atoms with Gasteiger partial charge in [0.2, 0.25) is 5.91 Å². The van der Waals surface area contributed by atoms with Crippen molar-refractivity contribution in [3.8, 4) is 5.75 Å². The quantitative estimate of drug-likeness (QED) is 0.874. The maximum atomic E-state index is 12.4. The zero-order valence-corrected chi connectivity index (χ0v) is 12.8. The lowest BCUT2D eigenvalue weighted by Crippen LogP contribution is -2.40. The Bertz CT molecular complexity index is 496. The summed E-state index contributed by atoms with van der Waals surface area (Å²) in [4.78, 5) is 14.5. The second-order valence-corrected chi connectivity index (χ2v) is 6.00. The molecule has 1 aromatic rings. The van der Waals surface area contributed by atoms with E-state index in [9.17, 15) is 4.79 Å². The zero-order valence-electron chi connectivity index (χ0n) is 12.8. The average molecular weight is 288 g/mol. The summed E-state index contributed by atoms with van der Waals surface area (Å²) in [5, 5.41) is 3.55. The fourth-order valence-corrected chi connectivity index (χ4v) is 3.13. The number of nitrogens with zero attached hydrogens (tertiary/aromatic N) is 1. The van der Waals surface area contributed by atoms with Gasteiger partial charge in [0.25, 0.3) is 0 Å². The lowest BCUT2D eigenvalue weighted by Gasteiger charge is -2.22. The Morgan fingerprint density at radius 1 is 1.29 bits per heavy atom. The molecule has 1 amide bonds. The number of nitrogens with one attached hydrogen (secondary N) is 1. The highest BCUT2D eigenvalue weighted by Crippen LogP contribution is 2.31. The SMILES string of the molecule is CC[C@H](N[C@H]1CCN(C2CC2)C1=O)c1ccc(OC)cc1. The van der Waals surface area contributed by atoms with Gasteiger partial charge in [-0.05, 0) is 43.4 Å². The van der Waals surface area contributed by atoms with Crippen molar-refractivity contribution in [3.63, 3.8) is 0 Å². The first-order valence-corrected chi connectivity index (χ1v) is 7.93. The van der Waals surface area contributed by atoms with E-state index in [1.807, 2.05) is 12.1 Å². The van der Waals surface area contributed by atoms with Crippen LogP contribution in [0.2, 0.25) is 0 Å². The molecule has 1 aromatic carbocycles. The highest BCUT2D eigenvalue weighted by molar-refractivity contribution is 5.84. The lowest BCUT2D eigenvalue weighted by atomic mass is 10.0. The molecule has 1 saturated carbocycles. The van der Waals surface area contributed by atoms with Crippen LogP contribution in [-0.2, 0) is 4.79 Å². The van der Waals surface area contributed by atoms with Crippen molar-refractivity contribution in [1.82, 2.24) is 10.2 Å². The predicted molar refractivity (Wildman–Crippen MR) is 82.3 cm³/mol. The molecule has 1 N–H and O–H groups in total. The van der Waals surface area contributed by atoms with E-state index in [4.69, 9.17) is 4.74 Å². The first-order chi connectivity index (χ1) is 10.2. The molecule has 0 aromatic heterocycles. The average Bonchev–Trinajstić information content (AvgIpc) is 3.30. The molecule has 21 heavy (non-hydrogen) atoms. The van der Waals surface area contributed by atoms with Crippen LogP contribution < -0.4 is 10.1 Å². The summed E-state index contributed by atoms with van der Waals surface area (Å²) in [6.45, 7) is 3.07. The fourth-order valence-electron chi connectivity index (χ4n) is 3.13. The van der Waals surface area contributed by atoms with Gasteiger partial charge in [0, 0.05) is 18.6 Å². The number of carbonyl (C=O) groups excluding carboxylic acids is 1. The van der Waals surface area contributed by atoms with E-state index in [1.165, 1.54) is 18.4 Å². The van der Waals surface area contributed by atoms with Crippen LogP contribution >= 0.6 is 0 Å². The van der Waals surface area contributed by atoms with Crippen LogP contribution in [0.4, 0.5) is 0 Å². The molecule has 2 atom stereocenters. The number of hydrogen-bond donors (Lipinski definition) is 1. The predicted octanol–water partition coefficient (Wildman–Crippen LogP) is 2.50. The topological polar surface area (TPSA) is 41.6 Å². The van der Waals surface area contributed by atoms with Gasteiger partial charge < -0.3 is 9.64 Å². The normalized spacial score (nSPS) is 23.4. The van der Waals surface area contributed by atoms with Gasteiger partial charge in [0.1, 0.15) is 5.75 Å². The van der Waals surface area contributed by atoms with E-state index in [-0.39, 0.29) is 12.1 Å². The van der Waals surface area contributed by atoms with Crippen molar-refractivity contribution in [1.29, 1.82) is 0 Å². The van der Waals surface area contributed by atoms with Crippen molar-refractivity contribution in [2.45, 2.75) is 50.7 Å². The molecular formula is C17H24N2O2. The van der Waals surface area contributed by atoms with E-state index in [0.717, 1.165) is 25.1 Å². The molecule has 3 rings (SSSR count). The van der Waals surface area contributed by atoms with Gasteiger partial charge >= 0.3 is 0 Å². The van der Waals surface area contributed by atoms with Gasteiger partial charge in [-0.15, -0.1) is 0 Å². The van der Waals surface area contributed by atoms with Gasteiger partial charge in [-0.1, -0.05) is 19.1 Å². The second-order valence-electron chi connectivity index (χ2n) is 6.00. The van der Waals surface area contributed by atoms with E-state index in [2.05, 4.69) is 29.3 Å². The molecule has 0 radical (unpaired) electrons. The number of methoxy groups -OCH3 is 1. The van der Waals surface area contributed by atoms with Crippen LogP contribution in [0.5, 0.6) is 5.75 Å². The van der Waals surface area contributed by atoms with E-state index in [1.54, 1.807) is 7.11 Å². The third-order valence-corrected chi connectivity index (χ3v) is 4.56. The smallest absolute Gasteiger partial charge is 0.240 e. The molecule has 1 aliphatic carbocycles. The number of likely N-dealkylation sites (tertiary alicyclic amines) is 1. The summed E-state index contributed by atoms with van der Waals surface area (Å²) >= 11 is 0. The number of carbonyl (C=O) groups is 1. The van der Waals surface area contributed by atoms with Crippen molar-refractivity contribution in [2.75, 3.05) is 13.7 Å². The van der Waals surface area contributed by atoms with Crippen molar-refractivity contribution < 1.29 is 9.53 Å². The monoisotopic (exact) mass is 288 g/mol. The summed E-state index contributed by atoms with van der Waals surface area (Å²) in [6.07, 6.45) is 4.28. The van der Waals surface area contributed by atoms with Crippen LogP contribution in [0.3, 0.4) is 0 Å². The van der Waals surface area contributed by atoms with Crippen molar-refractivity contribution >= 4 is 5.91 Å². The van der Waals surface area contributed by atoms with E-state index in [0.29, 0.717) is 11.9 Å². The Morgan fingerprint density at radius 3 is 2.57 bits per heavy atom. The van der Waals surface area contributed by atoms with E-state index < -0.39 is 0 Å². The molecule has 1 aliphatic heterocycles. The number of hydrogen-bond acceptors (Lipinski definition) is 3. The molecule has 2 fully saturated rings. The van der Waals surface area contributed by atoms with E-state index >= 15 is 0 Å². The molecule has 4 heteroatoms. The molecule has 114 valence electrons. The maximum absolute atomic E-state index is 12.4. The minimum Gasteiger partial charge on any atom is -0.497 e. The van der Waals surface area contributed by atoms with Crippen LogP contribution in [0.1, 0.15) is 44.2 Å². The fraction of sp³-hybridized carbons (Fsp3) is 0.588. The van der Waals surface area contributed by atoms with Crippen LogP contribution in [0.25, 0.3) is 0 Å². The number of rotatable bonds is 6. The van der Waals surface area contributed by atoms with Gasteiger partial charge in [-0.25, -0.2) is 0 Å². The summed E-state index contributed by atoms with van der Waals surface area (Å²) < 4.78 is 5.20. The molecule has 0 unspecified atom stereocenters. The number of amides is 1. The first-order valence-electron chi connectivity index (χ1n) is 7.93. The molecular weight excluding hydrogens is 264 g/mol. The van der Waals surface area contributed by atoms with Gasteiger partial charge in [0.05, 0.1) is 13.2 Å². The number of ether oxygens (including phenoxy) is 1. The number of benzene rings is 1. The van der Waals surface area contributed by atoms with Gasteiger partial charge in [-0.2, -0.15) is 0 Å². The molecule has 0 spiro atoms. The standard InChI is InChI=1S/C17H24N2O2/c1-3-15(12-4-8-14(21-2)9-5-12)18-16-10-11-19(17(16)20)13-6-7-13/h4-5,8-9,13,15-16,18H,3,6-7,10-11H2,1-2H3/t15-,16-/m0/s1. The Morgan fingerprint density at radius 2 is 2.00 bits per heavy atom. The Balaban J connectivity index is 1.65. The highest BCUT2D eigenvalue weighted by Gasteiger charge is 2.40. The Labute approximate surface area is 126 Å². The minimum absolute atomic E-state index is 0.0161.